The number of rotatable bonds is 4. The smallest absolute Gasteiger partial charge is 0.236 e. The standard InChI is InChI=1S/C12H15NO5S3/c1-5(14)7-9(15)13-8(11(16)17)12(20-10(7)13)19-6-2-3-21(18)4-6/h5-7,10,14H,2-4H2,1H3,(H,16,17)/p-1/t5-,6+,7+,10-,21?/m1/s1. The van der Waals surface area contributed by atoms with Crippen LogP contribution in [-0.4, -0.2) is 54.3 Å². The van der Waals surface area contributed by atoms with Gasteiger partial charge in [0, 0.05) is 27.6 Å². The minimum Gasteiger partial charge on any atom is -0.543 e. The molecular formula is C12H14NO5S3-. The molecule has 1 N–H and O–H groups in total. The van der Waals surface area contributed by atoms with Crippen LogP contribution in [0.1, 0.15) is 13.3 Å². The first-order valence-electron chi connectivity index (χ1n) is 6.55. The fourth-order valence-corrected chi connectivity index (χ4v) is 7.95. The van der Waals surface area contributed by atoms with Crippen LogP contribution in [0.15, 0.2) is 9.93 Å². The lowest BCUT2D eigenvalue weighted by molar-refractivity contribution is -0.301. The van der Waals surface area contributed by atoms with Crippen LogP contribution in [0.3, 0.4) is 0 Å². The highest BCUT2D eigenvalue weighted by Crippen LogP contribution is 2.54. The molecule has 5 atom stereocenters. The van der Waals surface area contributed by atoms with Crippen molar-refractivity contribution in [1.82, 2.24) is 4.90 Å². The zero-order valence-electron chi connectivity index (χ0n) is 11.2. The number of fused-ring (bicyclic) bond motifs is 1. The normalized spacial score (nSPS) is 36.7. The summed E-state index contributed by atoms with van der Waals surface area (Å²) in [5.41, 5.74) is -0.0883. The first-order chi connectivity index (χ1) is 9.90. The maximum absolute atomic E-state index is 12.0. The topological polar surface area (TPSA) is 97.7 Å². The van der Waals surface area contributed by atoms with Gasteiger partial charge in [-0.25, -0.2) is 0 Å². The van der Waals surface area contributed by atoms with E-state index in [0.29, 0.717) is 15.7 Å². The summed E-state index contributed by atoms with van der Waals surface area (Å²) in [5, 5.41) is 20.7. The van der Waals surface area contributed by atoms with E-state index in [4.69, 9.17) is 0 Å². The van der Waals surface area contributed by atoms with Gasteiger partial charge in [0.2, 0.25) is 5.91 Å². The Morgan fingerprint density at radius 2 is 2.33 bits per heavy atom. The third kappa shape index (κ3) is 2.54. The monoisotopic (exact) mass is 348 g/mol. The van der Waals surface area contributed by atoms with Crippen molar-refractivity contribution in [2.45, 2.75) is 30.1 Å². The average molecular weight is 348 g/mol. The highest BCUT2D eigenvalue weighted by Gasteiger charge is 2.56. The molecule has 3 rings (SSSR count). The van der Waals surface area contributed by atoms with Gasteiger partial charge in [-0.1, -0.05) is 11.8 Å². The lowest BCUT2D eigenvalue weighted by atomic mass is 9.92. The molecule has 116 valence electrons. The lowest BCUT2D eigenvalue weighted by Gasteiger charge is -2.44. The van der Waals surface area contributed by atoms with Crippen LogP contribution in [0.4, 0.5) is 0 Å². The number of aliphatic hydroxyl groups is 1. The number of carbonyl (C=O) groups excluding carboxylic acids is 2. The number of amides is 1. The van der Waals surface area contributed by atoms with Crippen molar-refractivity contribution >= 4 is 46.2 Å². The molecule has 0 aromatic rings. The molecule has 0 spiro atoms. The molecule has 6 nitrogen and oxygen atoms in total. The van der Waals surface area contributed by atoms with Crippen LogP contribution >= 0.6 is 23.5 Å². The molecule has 0 aromatic heterocycles. The molecule has 0 aliphatic carbocycles. The first-order valence-corrected chi connectivity index (χ1v) is 9.80. The number of carbonyl (C=O) groups is 2. The van der Waals surface area contributed by atoms with Crippen molar-refractivity contribution in [3.8, 4) is 0 Å². The van der Waals surface area contributed by atoms with Gasteiger partial charge in [0.25, 0.3) is 0 Å². The van der Waals surface area contributed by atoms with Gasteiger partial charge in [-0.2, -0.15) is 0 Å². The van der Waals surface area contributed by atoms with Crippen molar-refractivity contribution in [2.24, 2.45) is 5.92 Å². The van der Waals surface area contributed by atoms with Gasteiger partial charge in [-0.05, 0) is 13.3 Å². The van der Waals surface area contributed by atoms with Crippen molar-refractivity contribution in [3.05, 3.63) is 9.93 Å². The molecule has 2 fully saturated rings. The number of hydrogen-bond acceptors (Lipinski definition) is 7. The summed E-state index contributed by atoms with van der Waals surface area (Å²) in [6.45, 7) is 1.53. The van der Waals surface area contributed by atoms with Crippen LogP contribution in [0, 0.1) is 5.92 Å². The predicted molar refractivity (Wildman–Crippen MR) is 79.3 cm³/mol. The first kappa shape index (κ1) is 15.4. The molecule has 1 unspecified atom stereocenters. The van der Waals surface area contributed by atoms with Crippen LogP contribution in [0.5, 0.6) is 0 Å². The maximum Gasteiger partial charge on any atom is 0.236 e. The van der Waals surface area contributed by atoms with E-state index in [1.165, 1.54) is 35.3 Å². The summed E-state index contributed by atoms with van der Waals surface area (Å²) in [7, 11) is -0.834. The summed E-state index contributed by atoms with van der Waals surface area (Å²) < 4.78 is 12.0. The number of nitrogens with zero attached hydrogens (tertiary/aromatic N) is 1. The Balaban J connectivity index is 1.81. The third-order valence-electron chi connectivity index (χ3n) is 3.77. The largest absolute Gasteiger partial charge is 0.543 e. The summed E-state index contributed by atoms with van der Waals surface area (Å²) in [5.74, 6) is -1.12. The van der Waals surface area contributed by atoms with Gasteiger partial charge in [0.15, 0.2) is 0 Å². The van der Waals surface area contributed by atoms with Crippen molar-refractivity contribution in [3.63, 3.8) is 0 Å². The second-order valence-corrected chi connectivity index (χ2v) is 9.56. The number of β-lactam (4-membered cyclic amide) rings is 1. The quantitative estimate of drug-likeness (QED) is 0.656. The van der Waals surface area contributed by atoms with Crippen molar-refractivity contribution < 1.29 is 24.0 Å². The van der Waals surface area contributed by atoms with Crippen molar-refractivity contribution in [1.29, 1.82) is 0 Å². The lowest BCUT2D eigenvalue weighted by Crippen LogP contribution is -2.61. The molecule has 3 aliphatic heterocycles. The second kappa shape index (κ2) is 5.60. The van der Waals surface area contributed by atoms with E-state index in [2.05, 4.69) is 0 Å². The zero-order chi connectivity index (χ0) is 15.3. The van der Waals surface area contributed by atoms with Gasteiger partial charge >= 0.3 is 0 Å². The van der Waals surface area contributed by atoms with E-state index >= 15 is 0 Å². The minimum atomic E-state index is -1.37. The summed E-state index contributed by atoms with van der Waals surface area (Å²) >= 11 is 2.66. The molecule has 2 saturated heterocycles. The van der Waals surface area contributed by atoms with Gasteiger partial charge in [0.1, 0.15) is 5.37 Å². The second-order valence-electron chi connectivity index (χ2n) is 5.25. The molecule has 3 aliphatic rings. The molecule has 21 heavy (non-hydrogen) atoms. The predicted octanol–water partition coefficient (Wildman–Crippen LogP) is -0.928. The maximum atomic E-state index is 12.0. The number of aliphatic carboxylic acids is 1. The van der Waals surface area contributed by atoms with E-state index in [0.717, 1.165) is 6.42 Å². The Bertz CT molecular complexity index is 561. The SMILES string of the molecule is C[C@@H](O)[C@H]1C(=O)N2C(C(=O)[O-])=C(S[C@H]3CCS(=O)C3)S[C@H]12. The Morgan fingerprint density at radius 3 is 2.86 bits per heavy atom. The van der Waals surface area contributed by atoms with Gasteiger partial charge in [-0.3, -0.25) is 13.9 Å². The van der Waals surface area contributed by atoms with Crippen LogP contribution in [0.2, 0.25) is 0 Å². The highest BCUT2D eigenvalue weighted by atomic mass is 32.2. The van der Waals surface area contributed by atoms with Crippen LogP contribution < -0.4 is 5.11 Å². The average Bonchev–Trinajstić information content (AvgIpc) is 2.91. The Hall–Kier alpha value is -0.510. The fraction of sp³-hybridized carbons (Fsp3) is 0.667. The Labute approximate surface area is 132 Å². The van der Waals surface area contributed by atoms with Gasteiger partial charge in [-0.15, -0.1) is 11.8 Å². The Kier molecular flexibility index (Phi) is 4.10. The Morgan fingerprint density at radius 1 is 1.62 bits per heavy atom. The minimum absolute atomic E-state index is 0.0883. The molecule has 0 saturated carbocycles. The van der Waals surface area contributed by atoms with Crippen LogP contribution in [-0.2, 0) is 20.4 Å². The number of hydrogen-bond donors (Lipinski definition) is 1. The van der Waals surface area contributed by atoms with E-state index in [1.54, 1.807) is 0 Å². The number of carboxylic acid groups (broad SMARTS) is 1. The molecule has 0 aromatic carbocycles. The highest BCUT2D eigenvalue weighted by molar-refractivity contribution is 8.23. The third-order valence-corrected chi connectivity index (χ3v) is 8.32. The fourth-order valence-electron chi connectivity index (χ4n) is 2.70. The summed E-state index contributed by atoms with van der Waals surface area (Å²) in [6.07, 6.45) is -0.0299. The number of carboxylic acids is 1. The van der Waals surface area contributed by atoms with Gasteiger partial charge in [0.05, 0.1) is 27.9 Å². The molecule has 1 amide bonds. The number of aliphatic hydroxyl groups excluding tert-OH is 1. The number of thioether (sulfide) groups is 2. The molecule has 3 heterocycles. The van der Waals surface area contributed by atoms with E-state index in [9.17, 15) is 24.0 Å². The van der Waals surface area contributed by atoms with Crippen molar-refractivity contribution in [2.75, 3.05) is 11.5 Å². The molecule has 9 heteroatoms. The molecule has 0 radical (unpaired) electrons. The van der Waals surface area contributed by atoms with E-state index in [-0.39, 0.29) is 22.2 Å². The zero-order valence-corrected chi connectivity index (χ0v) is 13.6. The van der Waals surface area contributed by atoms with E-state index in [1.807, 2.05) is 0 Å². The van der Waals surface area contributed by atoms with E-state index < -0.39 is 28.8 Å². The molecular weight excluding hydrogens is 334 g/mol. The van der Waals surface area contributed by atoms with Gasteiger partial charge < -0.3 is 15.0 Å². The summed E-state index contributed by atoms with van der Waals surface area (Å²) in [4.78, 5) is 24.6. The van der Waals surface area contributed by atoms with Crippen LogP contribution in [0.25, 0.3) is 0 Å². The molecule has 0 bridgehead atoms. The summed E-state index contributed by atoms with van der Waals surface area (Å²) in [6, 6.07) is 0.